The van der Waals surface area contributed by atoms with Gasteiger partial charge in [-0.3, -0.25) is 9.69 Å². The van der Waals surface area contributed by atoms with Crippen LogP contribution >= 0.6 is 0 Å². The highest BCUT2D eigenvalue weighted by atomic mass is 16.5. The zero-order valence-electron chi connectivity index (χ0n) is 13.9. The number of rotatable bonds is 6. The number of nitrogens with one attached hydrogen (secondary N) is 1. The van der Waals surface area contributed by atoms with Crippen molar-refractivity contribution in [1.82, 2.24) is 15.1 Å². The zero-order chi connectivity index (χ0) is 15.9. The molecule has 122 valence electrons. The van der Waals surface area contributed by atoms with E-state index in [-0.39, 0.29) is 12.5 Å². The van der Waals surface area contributed by atoms with Crippen molar-refractivity contribution in [2.75, 3.05) is 52.9 Å². The number of benzene rings is 1. The summed E-state index contributed by atoms with van der Waals surface area (Å²) in [6, 6.07) is 5.88. The standard InChI is InChI=1S/C17H27N3O2/c1-14-4-5-16(12-15(14)2)22-13-17(21)18-6-7-20-10-8-19(3)9-11-20/h4-5,12H,6-11,13H2,1-3H3,(H,18,21). The van der Waals surface area contributed by atoms with Crippen LogP contribution in [0.2, 0.25) is 0 Å². The predicted octanol–water partition coefficient (Wildman–Crippen LogP) is 1.05. The first kappa shape index (κ1) is 16.8. The molecule has 1 aromatic carbocycles. The summed E-state index contributed by atoms with van der Waals surface area (Å²) < 4.78 is 5.53. The summed E-state index contributed by atoms with van der Waals surface area (Å²) >= 11 is 0. The highest BCUT2D eigenvalue weighted by Gasteiger charge is 2.13. The summed E-state index contributed by atoms with van der Waals surface area (Å²) in [6.07, 6.45) is 0. The van der Waals surface area contributed by atoms with Crippen LogP contribution in [0, 0.1) is 13.8 Å². The van der Waals surface area contributed by atoms with E-state index < -0.39 is 0 Å². The molecule has 0 spiro atoms. The molecule has 1 saturated heterocycles. The van der Waals surface area contributed by atoms with Gasteiger partial charge in [0.1, 0.15) is 5.75 Å². The van der Waals surface area contributed by atoms with Crippen molar-refractivity contribution in [3.8, 4) is 5.75 Å². The van der Waals surface area contributed by atoms with Crippen molar-refractivity contribution in [2.24, 2.45) is 0 Å². The Morgan fingerprint density at radius 2 is 1.91 bits per heavy atom. The van der Waals surface area contributed by atoms with Crippen molar-refractivity contribution in [3.05, 3.63) is 29.3 Å². The number of amides is 1. The second-order valence-corrected chi connectivity index (χ2v) is 6.03. The van der Waals surface area contributed by atoms with E-state index >= 15 is 0 Å². The van der Waals surface area contributed by atoms with Crippen LogP contribution in [0.4, 0.5) is 0 Å². The van der Waals surface area contributed by atoms with Crippen LogP contribution in [0.1, 0.15) is 11.1 Å². The van der Waals surface area contributed by atoms with Crippen molar-refractivity contribution >= 4 is 5.91 Å². The number of nitrogens with zero attached hydrogens (tertiary/aromatic N) is 2. The fourth-order valence-electron chi connectivity index (χ4n) is 2.43. The van der Waals surface area contributed by atoms with Crippen LogP contribution in [-0.2, 0) is 4.79 Å². The molecular formula is C17H27N3O2. The summed E-state index contributed by atoms with van der Waals surface area (Å²) in [4.78, 5) is 16.5. The Labute approximate surface area is 133 Å². The molecule has 1 N–H and O–H groups in total. The van der Waals surface area contributed by atoms with Crippen molar-refractivity contribution < 1.29 is 9.53 Å². The minimum Gasteiger partial charge on any atom is -0.484 e. The largest absolute Gasteiger partial charge is 0.484 e. The maximum Gasteiger partial charge on any atom is 0.257 e. The van der Waals surface area contributed by atoms with Crippen LogP contribution in [0.3, 0.4) is 0 Å². The van der Waals surface area contributed by atoms with Gasteiger partial charge in [-0.15, -0.1) is 0 Å². The van der Waals surface area contributed by atoms with E-state index in [1.807, 2.05) is 25.1 Å². The maximum absolute atomic E-state index is 11.8. The lowest BCUT2D eigenvalue weighted by molar-refractivity contribution is -0.123. The van der Waals surface area contributed by atoms with Gasteiger partial charge in [-0.2, -0.15) is 0 Å². The monoisotopic (exact) mass is 305 g/mol. The number of hydrogen-bond donors (Lipinski definition) is 1. The normalized spacial score (nSPS) is 16.5. The van der Waals surface area contributed by atoms with Crippen molar-refractivity contribution in [1.29, 1.82) is 0 Å². The molecule has 1 fully saturated rings. The number of carbonyl (C=O) groups is 1. The Hall–Kier alpha value is -1.59. The van der Waals surface area contributed by atoms with E-state index in [9.17, 15) is 4.79 Å². The average Bonchev–Trinajstić information content (AvgIpc) is 2.50. The summed E-state index contributed by atoms with van der Waals surface area (Å²) in [5, 5.41) is 2.92. The number of likely N-dealkylation sites (N-methyl/N-ethyl adjacent to an activating group) is 1. The predicted molar refractivity (Wildman–Crippen MR) is 88.4 cm³/mol. The van der Waals surface area contributed by atoms with Gasteiger partial charge in [0.25, 0.3) is 5.91 Å². The maximum atomic E-state index is 11.8. The second-order valence-electron chi connectivity index (χ2n) is 6.03. The van der Waals surface area contributed by atoms with Crippen LogP contribution in [0.15, 0.2) is 18.2 Å². The lowest BCUT2D eigenvalue weighted by Gasteiger charge is -2.32. The quantitative estimate of drug-likeness (QED) is 0.853. The first-order valence-corrected chi connectivity index (χ1v) is 7.92. The molecule has 22 heavy (non-hydrogen) atoms. The fourth-order valence-corrected chi connectivity index (χ4v) is 2.43. The molecule has 1 aliphatic rings. The molecule has 0 unspecified atom stereocenters. The van der Waals surface area contributed by atoms with Gasteiger partial charge in [0.15, 0.2) is 6.61 Å². The van der Waals surface area contributed by atoms with E-state index in [1.165, 1.54) is 11.1 Å². The smallest absolute Gasteiger partial charge is 0.257 e. The first-order valence-electron chi connectivity index (χ1n) is 7.92. The number of piperazine rings is 1. The van der Waals surface area contributed by atoms with E-state index in [0.29, 0.717) is 6.54 Å². The minimum atomic E-state index is -0.0626. The Balaban J connectivity index is 1.62. The van der Waals surface area contributed by atoms with E-state index in [4.69, 9.17) is 4.74 Å². The highest BCUT2D eigenvalue weighted by Crippen LogP contribution is 2.16. The lowest BCUT2D eigenvalue weighted by Crippen LogP contribution is -2.47. The van der Waals surface area contributed by atoms with Crippen molar-refractivity contribution in [3.63, 3.8) is 0 Å². The molecule has 1 aromatic rings. The topological polar surface area (TPSA) is 44.8 Å². The molecule has 2 rings (SSSR count). The number of aryl methyl sites for hydroxylation is 2. The van der Waals surface area contributed by atoms with Gasteiger partial charge < -0.3 is 15.0 Å². The minimum absolute atomic E-state index is 0.0626. The Morgan fingerprint density at radius 3 is 2.59 bits per heavy atom. The number of hydrogen-bond acceptors (Lipinski definition) is 4. The lowest BCUT2D eigenvalue weighted by atomic mass is 10.1. The molecule has 0 radical (unpaired) electrons. The van der Waals surface area contributed by atoms with Gasteiger partial charge in [0.05, 0.1) is 0 Å². The van der Waals surface area contributed by atoms with Crippen LogP contribution in [-0.4, -0.2) is 68.6 Å². The van der Waals surface area contributed by atoms with Gasteiger partial charge in [0.2, 0.25) is 0 Å². The van der Waals surface area contributed by atoms with Crippen LogP contribution < -0.4 is 10.1 Å². The molecule has 5 nitrogen and oxygen atoms in total. The van der Waals surface area contributed by atoms with Crippen LogP contribution in [0.25, 0.3) is 0 Å². The highest BCUT2D eigenvalue weighted by molar-refractivity contribution is 5.77. The fraction of sp³-hybridized carbons (Fsp3) is 0.588. The Kier molecular flexibility index (Phi) is 6.21. The third-order valence-corrected chi connectivity index (χ3v) is 4.19. The summed E-state index contributed by atoms with van der Waals surface area (Å²) in [6.45, 7) is 10.1. The second kappa shape index (κ2) is 8.15. The molecule has 1 heterocycles. The molecule has 0 aliphatic carbocycles. The third kappa shape index (κ3) is 5.31. The molecule has 5 heteroatoms. The number of ether oxygens (including phenoxy) is 1. The zero-order valence-corrected chi connectivity index (χ0v) is 13.9. The Morgan fingerprint density at radius 1 is 1.18 bits per heavy atom. The average molecular weight is 305 g/mol. The molecular weight excluding hydrogens is 278 g/mol. The van der Waals surface area contributed by atoms with Crippen molar-refractivity contribution in [2.45, 2.75) is 13.8 Å². The molecule has 1 aliphatic heterocycles. The molecule has 0 saturated carbocycles. The van der Waals surface area contributed by atoms with Gasteiger partial charge in [-0.1, -0.05) is 6.07 Å². The summed E-state index contributed by atoms with van der Waals surface area (Å²) in [5.41, 5.74) is 2.40. The van der Waals surface area contributed by atoms with Gasteiger partial charge in [-0.25, -0.2) is 0 Å². The molecule has 0 bridgehead atoms. The Bertz CT molecular complexity index is 497. The molecule has 0 atom stereocenters. The molecule has 1 amide bonds. The van der Waals surface area contributed by atoms with Crippen LogP contribution in [0.5, 0.6) is 5.75 Å². The molecule has 0 aromatic heterocycles. The van der Waals surface area contributed by atoms with Gasteiger partial charge in [0, 0.05) is 39.3 Å². The van der Waals surface area contributed by atoms with Gasteiger partial charge >= 0.3 is 0 Å². The first-order chi connectivity index (χ1) is 10.5. The van der Waals surface area contributed by atoms with E-state index in [0.717, 1.165) is 38.5 Å². The summed E-state index contributed by atoms with van der Waals surface area (Å²) in [5.74, 6) is 0.685. The SMILES string of the molecule is Cc1ccc(OCC(=O)NCCN2CCN(C)CC2)cc1C. The summed E-state index contributed by atoms with van der Waals surface area (Å²) in [7, 11) is 2.14. The van der Waals surface area contributed by atoms with Gasteiger partial charge in [-0.05, 0) is 44.2 Å². The number of carbonyl (C=O) groups excluding carboxylic acids is 1. The van der Waals surface area contributed by atoms with E-state index in [2.05, 4.69) is 29.1 Å². The van der Waals surface area contributed by atoms with E-state index in [1.54, 1.807) is 0 Å². The third-order valence-electron chi connectivity index (χ3n) is 4.19.